The molecule has 2 atom stereocenters. The van der Waals surface area contributed by atoms with Crippen LogP contribution in [0.15, 0.2) is 36.1 Å². The van der Waals surface area contributed by atoms with Gasteiger partial charge in [0.05, 0.1) is 12.2 Å². The number of hydrogen-bond acceptors (Lipinski definition) is 2. The Balaban J connectivity index is 2.32. The molecule has 0 N–H and O–H groups in total. The van der Waals surface area contributed by atoms with E-state index in [4.69, 9.17) is 11.2 Å². The maximum absolute atomic E-state index is 12.7. The minimum Gasteiger partial charge on any atom is -0.498 e. The number of allylic oxidation sites excluding steroid dienone is 2. The van der Waals surface area contributed by atoms with Gasteiger partial charge in [0.15, 0.2) is 5.78 Å². The lowest BCUT2D eigenvalue weighted by atomic mass is 9.75. The highest BCUT2D eigenvalue weighted by atomic mass is 19.4. The fourth-order valence-electron chi connectivity index (χ4n) is 2.81. The van der Waals surface area contributed by atoms with Crippen molar-refractivity contribution in [2.24, 2.45) is 5.92 Å². The number of ketones is 1. The molecule has 1 aromatic carbocycles. The maximum Gasteiger partial charge on any atom is 0.416 e. The highest BCUT2D eigenvalue weighted by molar-refractivity contribution is 5.94. The lowest BCUT2D eigenvalue weighted by molar-refractivity contribution is -0.137. The fraction of sp³-hybridized carbons (Fsp3) is 0.389. The van der Waals surface area contributed by atoms with E-state index in [2.05, 4.69) is 5.92 Å². The van der Waals surface area contributed by atoms with Crippen LogP contribution in [0.25, 0.3) is 0 Å². The highest BCUT2D eigenvalue weighted by Gasteiger charge is 2.35. The van der Waals surface area contributed by atoms with Crippen LogP contribution in [-0.4, -0.2) is 12.4 Å². The predicted molar refractivity (Wildman–Crippen MR) is 80.5 cm³/mol. The molecule has 0 heterocycles. The molecule has 0 saturated carbocycles. The zero-order valence-electron chi connectivity index (χ0n) is 12.7. The van der Waals surface area contributed by atoms with Crippen LogP contribution in [0.5, 0.6) is 0 Å². The molecule has 2 nitrogen and oxygen atoms in total. The predicted octanol–water partition coefficient (Wildman–Crippen LogP) is 4.32. The molecule has 0 radical (unpaired) electrons. The van der Waals surface area contributed by atoms with Crippen LogP contribution in [0, 0.1) is 18.3 Å². The fourth-order valence-corrected chi connectivity index (χ4v) is 2.81. The molecular formula is C18H17F3O2. The van der Waals surface area contributed by atoms with E-state index < -0.39 is 17.7 Å². The van der Waals surface area contributed by atoms with Crippen molar-refractivity contribution < 1.29 is 22.7 Å². The quantitative estimate of drug-likeness (QED) is 0.772. The van der Waals surface area contributed by atoms with Gasteiger partial charge in [-0.15, -0.1) is 12.3 Å². The first-order valence-corrected chi connectivity index (χ1v) is 7.34. The summed E-state index contributed by atoms with van der Waals surface area (Å²) >= 11 is 0. The second kappa shape index (κ2) is 6.91. The molecule has 0 aliphatic heterocycles. The Labute approximate surface area is 133 Å². The van der Waals surface area contributed by atoms with Gasteiger partial charge in [0, 0.05) is 30.8 Å². The first-order chi connectivity index (χ1) is 10.9. The van der Waals surface area contributed by atoms with Crippen molar-refractivity contribution in [1.29, 1.82) is 0 Å². The summed E-state index contributed by atoms with van der Waals surface area (Å²) in [5.41, 5.74) is -0.0469. The number of terminal acetylenes is 1. The number of carbonyl (C=O) groups excluding carboxylic acids is 1. The second-order valence-electron chi connectivity index (χ2n) is 5.39. The van der Waals surface area contributed by atoms with E-state index >= 15 is 0 Å². The summed E-state index contributed by atoms with van der Waals surface area (Å²) in [5, 5.41) is 0. The average Bonchev–Trinajstić information content (AvgIpc) is 2.49. The Kier molecular flexibility index (Phi) is 5.15. The van der Waals surface area contributed by atoms with Crippen molar-refractivity contribution in [2.45, 2.75) is 31.9 Å². The molecule has 1 aliphatic carbocycles. The summed E-state index contributed by atoms with van der Waals surface area (Å²) < 4.78 is 43.4. The normalized spacial score (nSPS) is 21.5. The smallest absolute Gasteiger partial charge is 0.416 e. The first-order valence-electron chi connectivity index (χ1n) is 7.34. The molecule has 2 rings (SSSR count). The summed E-state index contributed by atoms with van der Waals surface area (Å²) in [6.07, 6.45) is 3.11. The lowest BCUT2D eigenvalue weighted by Gasteiger charge is -2.29. The van der Waals surface area contributed by atoms with Crippen molar-refractivity contribution in [1.82, 2.24) is 0 Å². The Morgan fingerprint density at radius 1 is 1.30 bits per heavy atom. The minimum absolute atomic E-state index is 0.137. The lowest BCUT2D eigenvalue weighted by Crippen LogP contribution is -2.26. The summed E-state index contributed by atoms with van der Waals surface area (Å²) in [5.74, 6) is 2.19. The number of hydrogen-bond donors (Lipinski definition) is 0. The van der Waals surface area contributed by atoms with E-state index in [0.717, 1.165) is 12.1 Å². The summed E-state index contributed by atoms with van der Waals surface area (Å²) in [6, 6.07) is 4.90. The van der Waals surface area contributed by atoms with Gasteiger partial charge in [0.2, 0.25) is 0 Å². The third-order valence-electron chi connectivity index (χ3n) is 3.91. The van der Waals surface area contributed by atoms with Crippen LogP contribution in [0.3, 0.4) is 0 Å². The average molecular weight is 322 g/mol. The maximum atomic E-state index is 12.7. The van der Waals surface area contributed by atoms with Gasteiger partial charge < -0.3 is 4.74 Å². The van der Waals surface area contributed by atoms with Gasteiger partial charge >= 0.3 is 6.18 Å². The Bertz CT molecular complexity index is 636. The second-order valence-corrected chi connectivity index (χ2v) is 5.39. The molecular weight excluding hydrogens is 305 g/mol. The molecule has 0 fully saturated rings. The number of rotatable bonds is 4. The van der Waals surface area contributed by atoms with E-state index in [1.54, 1.807) is 0 Å². The van der Waals surface area contributed by atoms with Crippen molar-refractivity contribution in [3.8, 4) is 12.3 Å². The van der Waals surface area contributed by atoms with Crippen LogP contribution in [0.4, 0.5) is 13.2 Å². The van der Waals surface area contributed by atoms with E-state index in [1.807, 2.05) is 6.92 Å². The van der Waals surface area contributed by atoms with Gasteiger partial charge in [-0.2, -0.15) is 13.2 Å². The Morgan fingerprint density at radius 2 is 1.96 bits per heavy atom. The van der Waals surface area contributed by atoms with Gasteiger partial charge in [-0.25, -0.2) is 0 Å². The van der Waals surface area contributed by atoms with Crippen molar-refractivity contribution in [2.75, 3.05) is 6.61 Å². The number of ether oxygens (including phenoxy) is 1. The van der Waals surface area contributed by atoms with E-state index in [0.29, 0.717) is 24.4 Å². The number of carbonyl (C=O) groups is 1. The molecule has 1 aromatic rings. The van der Waals surface area contributed by atoms with Crippen LogP contribution in [-0.2, 0) is 15.7 Å². The van der Waals surface area contributed by atoms with Crippen LogP contribution < -0.4 is 0 Å². The third-order valence-corrected chi connectivity index (χ3v) is 3.91. The summed E-state index contributed by atoms with van der Waals surface area (Å²) in [6.45, 7) is 2.24. The SMILES string of the molecule is C#CCC1C(=O)C=C(OCC)CC1c1ccc(C(F)(F)F)cc1. The topological polar surface area (TPSA) is 26.3 Å². The zero-order valence-corrected chi connectivity index (χ0v) is 12.7. The first kappa shape index (κ1) is 17.1. The largest absolute Gasteiger partial charge is 0.498 e. The Hall–Kier alpha value is -2.22. The van der Waals surface area contributed by atoms with Crippen LogP contribution in [0.1, 0.15) is 36.8 Å². The van der Waals surface area contributed by atoms with Gasteiger partial charge in [0.1, 0.15) is 5.76 Å². The minimum atomic E-state index is -4.38. The Morgan fingerprint density at radius 3 is 2.48 bits per heavy atom. The van der Waals surface area contributed by atoms with Crippen LogP contribution >= 0.6 is 0 Å². The third kappa shape index (κ3) is 3.95. The monoisotopic (exact) mass is 322 g/mol. The van der Waals surface area contributed by atoms with E-state index in [1.165, 1.54) is 18.2 Å². The molecule has 0 bridgehead atoms. The van der Waals surface area contributed by atoms with Crippen molar-refractivity contribution in [3.05, 3.63) is 47.2 Å². The molecule has 0 saturated heterocycles. The van der Waals surface area contributed by atoms with Crippen molar-refractivity contribution in [3.63, 3.8) is 0 Å². The van der Waals surface area contributed by atoms with E-state index in [-0.39, 0.29) is 18.1 Å². The molecule has 0 aromatic heterocycles. The number of alkyl halides is 3. The molecule has 5 heteroatoms. The zero-order chi connectivity index (χ0) is 17.0. The van der Waals surface area contributed by atoms with Gasteiger partial charge in [-0.3, -0.25) is 4.79 Å². The molecule has 23 heavy (non-hydrogen) atoms. The standard InChI is InChI=1S/C18H17F3O2/c1-3-5-15-16(10-14(23-4-2)11-17(15)22)12-6-8-13(9-7-12)18(19,20)21/h1,6-9,11,15-16H,4-5,10H2,2H3. The number of halogens is 3. The van der Waals surface area contributed by atoms with Gasteiger partial charge in [-0.1, -0.05) is 12.1 Å². The van der Waals surface area contributed by atoms with E-state index in [9.17, 15) is 18.0 Å². The molecule has 122 valence electrons. The van der Waals surface area contributed by atoms with Crippen molar-refractivity contribution >= 4 is 5.78 Å². The molecule has 2 unspecified atom stereocenters. The molecule has 1 aliphatic rings. The van der Waals surface area contributed by atoms with Crippen LogP contribution in [0.2, 0.25) is 0 Å². The summed E-state index contributed by atoms with van der Waals surface area (Å²) in [4.78, 5) is 12.2. The van der Waals surface area contributed by atoms with Gasteiger partial charge in [0.25, 0.3) is 0 Å². The number of benzene rings is 1. The van der Waals surface area contributed by atoms with Gasteiger partial charge in [-0.05, 0) is 24.6 Å². The molecule has 0 spiro atoms. The molecule has 0 amide bonds. The summed E-state index contributed by atoms with van der Waals surface area (Å²) in [7, 11) is 0. The highest BCUT2D eigenvalue weighted by Crippen LogP contribution is 2.39.